The molecule has 4 heteroatoms. The maximum Gasteiger partial charge on any atom is 0.317 e. The maximum atomic E-state index is 12.1. The molecule has 0 heterocycles. The molecule has 4 nitrogen and oxygen atoms in total. The zero-order valence-electron chi connectivity index (χ0n) is 14.7. The normalized spacial score (nSPS) is 11.6. The Bertz CT molecular complexity index is 626. The first-order valence-corrected chi connectivity index (χ1v) is 8.29. The molecule has 1 N–H and O–H groups in total. The van der Waals surface area contributed by atoms with E-state index < -0.39 is 0 Å². The van der Waals surface area contributed by atoms with Crippen molar-refractivity contribution in [3.05, 3.63) is 65.7 Å². The van der Waals surface area contributed by atoms with Gasteiger partial charge in [0.25, 0.3) is 0 Å². The van der Waals surface area contributed by atoms with Gasteiger partial charge in [-0.1, -0.05) is 55.0 Å². The van der Waals surface area contributed by atoms with Crippen molar-refractivity contribution in [2.45, 2.75) is 19.8 Å². The lowest BCUT2D eigenvalue weighted by molar-refractivity contribution is 0.195. The highest BCUT2D eigenvalue weighted by molar-refractivity contribution is 5.73. The number of carbonyl (C=O) groups excluding carboxylic acids is 1. The molecule has 2 aromatic carbocycles. The van der Waals surface area contributed by atoms with Crippen LogP contribution in [0.25, 0.3) is 0 Å². The summed E-state index contributed by atoms with van der Waals surface area (Å²) in [5.74, 6) is 1.11. The molecule has 128 valence electrons. The standard InChI is InChI=1S/C20H26N2O2/c1-16-9-11-19(12-10-16)24-14-13-22(3)20(23)21-15-17(2)18-7-5-4-6-8-18/h4-12,17H,13-15H2,1-3H3,(H,21,23). The number of carbonyl (C=O) groups is 1. The van der Waals surface area contributed by atoms with Crippen LogP contribution in [-0.2, 0) is 0 Å². The number of nitrogens with one attached hydrogen (secondary N) is 1. The van der Waals surface area contributed by atoms with Crippen molar-refractivity contribution in [3.8, 4) is 5.75 Å². The second kappa shape index (κ2) is 8.96. The van der Waals surface area contributed by atoms with E-state index in [-0.39, 0.29) is 11.9 Å². The smallest absolute Gasteiger partial charge is 0.317 e. The summed E-state index contributed by atoms with van der Waals surface area (Å²) in [5.41, 5.74) is 2.43. The monoisotopic (exact) mass is 326 g/mol. The van der Waals surface area contributed by atoms with Gasteiger partial charge in [-0.15, -0.1) is 0 Å². The van der Waals surface area contributed by atoms with Gasteiger partial charge in [-0.2, -0.15) is 0 Å². The predicted octanol–water partition coefficient (Wildman–Crippen LogP) is 3.82. The lowest BCUT2D eigenvalue weighted by Crippen LogP contribution is -2.40. The average Bonchev–Trinajstić information content (AvgIpc) is 2.61. The van der Waals surface area contributed by atoms with E-state index in [0.29, 0.717) is 19.7 Å². The molecule has 0 aromatic heterocycles. The molecule has 0 aliphatic carbocycles. The number of likely N-dealkylation sites (N-methyl/N-ethyl adjacent to an activating group) is 1. The molecule has 0 radical (unpaired) electrons. The lowest BCUT2D eigenvalue weighted by Gasteiger charge is -2.20. The molecule has 2 amide bonds. The van der Waals surface area contributed by atoms with Crippen LogP contribution in [0.15, 0.2) is 54.6 Å². The second-order valence-corrected chi connectivity index (χ2v) is 6.08. The van der Waals surface area contributed by atoms with Crippen molar-refractivity contribution in [1.29, 1.82) is 0 Å². The van der Waals surface area contributed by atoms with E-state index >= 15 is 0 Å². The Morgan fingerprint density at radius 3 is 2.46 bits per heavy atom. The summed E-state index contributed by atoms with van der Waals surface area (Å²) in [6, 6.07) is 18.0. The number of nitrogens with zero attached hydrogens (tertiary/aromatic N) is 1. The molecule has 0 fully saturated rings. The molecule has 0 aliphatic rings. The molecule has 2 aromatic rings. The molecular formula is C20H26N2O2. The highest BCUT2D eigenvalue weighted by atomic mass is 16.5. The van der Waals surface area contributed by atoms with E-state index in [2.05, 4.69) is 24.4 Å². The van der Waals surface area contributed by atoms with E-state index in [0.717, 1.165) is 5.75 Å². The van der Waals surface area contributed by atoms with Crippen molar-refractivity contribution in [2.24, 2.45) is 0 Å². The second-order valence-electron chi connectivity index (χ2n) is 6.08. The number of urea groups is 1. The maximum absolute atomic E-state index is 12.1. The van der Waals surface area contributed by atoms with Gasteiger partial charge in [0, 0.05) is 13.6 Å². The zero-order chi connectivity index (χ0) is 17.4. The largest absolute Gasteiger partial charge is 0.492 e. The highest BCUT2D eigenvalue weighted by Crippen LogP contribution is 2.13. The number of rotatable bonds is 7. The first kappa shape index (κ1) is 17.9. The van der Waals surface area contributed by atoms with Crippen LogP contribution in [0, 0.1) is 6.92 Å². The van der Waals surface area contributed by atoms with Crippen molar-refractivity contribution < 1.29 is 9.53 Å². The van der Waals surface area contributed by atoms with E-state index in [1.54, 1.807) is 11.9 Å². The van der Waals surface area contributed by atoms with Crippen LogP contribution in [0.2, 0.25) is 0 Å². The molecule has 0 saturated heterocycles. The number of ether oxygens (including phenoxy) is 1. The van der Waals surface area contributed by atoms with Crippen LogP contribution in [-0.4, -0.2) is 37.7 Å². The first-order valence-electron chi connectivity index (χ1n) is 8.29. The third kappa shape index (κ3) is 5.61. The molecule has 0 saturated carbocycles. The van der Waals surface area contributed by atoms with Crippen LogP contribution in [0.1, 0.15) is 24.0 Å². The van der Waals surface area contributed by atoms with Crippen molar-refractivity contribution in [3.63, 3.8) is 0 Å². The molecule has 0 spiro atoms. The van der Waals surface area contributed by atoms with Crippen LogP contribution >= 0.6 is 0 Å². The van der Waals surface area contributed by atoms with Crippen LogP contribution in [0.5, 0.6) is 5.75 Å². The van der Waals surface area contributed by atoms with Gasteiger partial charge in [-0.3, -0.25) is 0 Å². The molecule has 1 atom stereocenters. The van der Waals surface area contributed by atoms with Crippen LogP contribution < -0.4 is 10.1 Å². The fraction of sp³-hybridized carbons (Fsp3) is 0.350. The summed E-state index contributed by atoms with van der Waals surface area (Å²) >= 11 is 0. The van der Waals surface area contributed by atoms with Crippen molar-refractivity contribution in [1.82, 2.24) is 10.2 Å². The summed E-state index contributed by atoms with van der Waals surface area (Å²) in [7, 11) is 1.78. The minimum absolute atomic E-state index is 0.0784. The Labute approximate surface area is 144 Å². The highest BCUT2D eigenvalue weighted by Gasteiger charge is 2.11. The molecule has 1 unspecified atom stereocenters. The molecule has 0 aliphatic heterocycles. The fourth-order valence-electron chi connectivity index (χ4n) is 2.31. The van der Waals surface area contributed by atoms with Crippen molar-refractivity contribution >= 4 is 6.03 Å². The minimum Gasteiger partial charge on any atom is -0.492 e. The zero-order valence-corrected chi connectivity index (χ0v) is 14.7. The SMILES string of the molecule is Cc1ccc(OCCN(C)C(=O)NCC(C)c2ccccc2)cc1. The Kier molecular flexibility index (Phi) is 6.67. The third-order valence-electron chi connectivity index (χ3n) is 3.99. The van der Waals surface area contributed by atoms with Gasteiger partial charge in [-0.05, 0) is 30.5 Å². The molecule has 24 heavy (non-hydrogen) atoms. The molecule has 2 rings (SSSR count). The summed E-state index contributed by atoms with van der Waals surface area (Å²) in [6.07, 6.45) is 0. The first-order chi connectivity index (χ1) is 11.6. The van der Waals surface area contributed by atoms with Gasteiger partial charge in [0.2, 0.25) is 0 Å². The summed E-state index contributed by atoms with van der Waals surface area (Å²) in [4.78, 5) is 13.8. The van der Waals surface area contributed by atoms with E-state index in [9.17, 15) is 4.79 Å². The number of hydrogen-bond acceptors (Lipinski definition) is 2. The van der Waals surface area contributed by atoms with E-state index in [1.165, 1.54) is 11.1 Å². The predicted molar refractivity (Wildman–Crippen MR) is 97.6 cm³/mol. The van der Waals surface area contributed by atoms with Crippen molar-refractivity contribution in [2.75, 3.05) is 26.7 Å². The Morgan fingerprint density at radius 1 is 1.12 bits per heavy atom. The Balaban J connectivity index is 1.69. The van der Waals surface area contributed by atoms with Gasteiger partial charge < -0.3 is 15.0 Å². The number of benzene rings is 2. The summed E-state index contributed by atoms with van der Waals surface area (Å²) in [5, 5.41) is 2.97. The van der Waals surface area contributed by atoms with E-state index in [4.69, 9.17) is 4.74 Å². The molecule has 0 bridgehead atoms. The van der Waals surface area contributed by atoms with Gasteiger partial charge >= 0.3 is 6.03 Å². The topological polar surface area (TPSA) is 41.6 Å². The van der Waals surface area contributed by atoms with Gasteiger partial charge in [0.15, 0.2) is 0 Å². The van der Waals surface area contributed by atoms with Crippen LogP contribution in [0.3, 0.4) is 0 Å². The quantitative estimate of drug-likeness (QED) is 0.840. The lowest BCUT2D eigenvalue weighted by atomic mass is 10.0. The summed E-state index contributed by atoms with van der Waals surface area (Å²) in [6.45, 7) is 5.78. The summed E-state index contributed by atoms with van der Waals surface area (Å²) < 4.78 is 5.66. The Hall–Kier alpha value is -2.49. The number of aryl methyl sites for hydroxylation is 1. The number of hydrogen-bond donors (Lipinski definition) is 1. The van der Waals surface area contributed by atoms with Gasteiger partial charge in [-0.25, -0.2) is 4.79 Å². The number of amides is 2. The third-order valence-corrected chi connectivity index (χ3v) is 3.99. The average molecular weight is 326 g/mol. The minimum atomic E-state index is -0.0784. The van der Waals surface area contributed by atoms with Crippen LogP contribution in [0.4, 0.5) is 4.79 Å². The molecular weight excluding hydrogens is 300 g/mol. The van der Waals surface area contributed by atoms with Gasteiger partial charge in [0.1, 0.15) is 12.4 Å². The van der Waals surface area contributed by atoms with Gasteiger partial charge in [0.05, 0.1) is 6.54 Å². The Morgan fingerprint density at radius 2 is 1.79 bits per heavy atom. The van der Waals surface area contributed by atoms with E-state index in [1.807, 2.05) is 49.4 Å². The fourth-order valence-corrected chi connectivity index (χ4v) is 2.31.